The monoisotopic (exact) mass is 680 g/mol. The minimum atomic E-state index is -1.53. The summed E-state index contributed by atoms with van der Waals surface area (Å²) in [5.41, 5.74) is 10.5. The zero-order valence-electron chi connectivity index (χ0n) is 29.3. The first-order chi connectivity index (χ1) is 26.1. The maximum atomic E-state index is 13.9. The van der Waals surface area contributed by atoms with E-state index < -0.39 is 5.60 Å². The van der Waals surface area contributed by atoms with Crippen molar-refractivity contribution in [2.45, 2.75) is 12.5 Å². The molecule has 0 spiro atoms. The van der Waals surface area contributed by atoms with E-state index in [4.69, 9.17) is 0 Å². The van der Waals surface area contributed by atoms with Crippen molar-refractivity contribution in [2.24, 2.45) is 0 Å². The summed E-state index contributed by atoms with van der Waals surface area (Å²) in [4.78, 5) is 0. The Labute approximate surface area is 308 Å². The largest absolute Gasteiger partial charge is 0.376 e. The van der Waals surface area contributed by atoms with Gasteiger partial charge in [-0.2, -0.15) is 0 Å². The van der Waals surface area contributed by atoms with Gasteiger partial charge < -0.3 is 14.2 Å². The van der Waals surface area contributed by atoms with Gasteiger partial charge in [-0.25, -0.2) is 0 Å². The summed E-state index contributed by atoms with van der Waals surface area (Å²) < 4.78 is 4.63. The molecule has 10 rings (SSSR count). The van der Waals surface area contributed by atoms with Crippen LogP contribution >= 0.6 is 0 Å². The predicted octanol–water partition coefficient (Wildman–Crippen LogP) is 12.1. The van der Waals surface area contributed by atoms with Gasteiger partial charge in [-0.05, 0) is 77.7 Å². The van der Waals surface area contributed by atoms with Gasteiger partial charge in [-0.15, -0.1) is 0 Å². The molecule has 0 radical (unpaired) electrons. The summed E-state index contributed by atoms with van der Waals surface area (Å²) in [5.74, 6) is 0. The number of hydrogen-bond acceptors (Lipinski definition) is 1. The standard InChI is InChI=1S/C50H36N2O/c1-34-29-30-40(35-15-3-2-4-16-35)45(31-34)50(53,36-17-13-19-38(32-36)51-46-25-9-5-21-41(46)42-22-6-10-26-47(42)51)37-18-14-20-39(33-37)52-48-27-11-7-23-43(48)44-24-8-12-28-49(44)52/h2-33,53H,1H3. The fraction of sp³-hybridized carbons (Fsp3) is 0.0400. The summed E-state index contributed by atoms with van der Waals surface area (Å²) in [6.45, 7) is 2.10. The van der Waals surface area contributed by atoms with Crippen LogP contribution < -0.4 is 0 Å². The van der Waals surface area contributed by atoms with Crippen LogP contribution in [0.15, 0.2) is 194 Å². The van der Waals surface area contributed by atoms with Crippen LogP contribution in [0.3, 0.4) is 0 Å². The Hall–Kier alpha value is -6.68. The van der Waals surface area contributed by atoms with E-state index in [2.05, 4.69) is 204 Å². The molecule has 8 aromatic carbocycles. The fourth-order valence-electron chi connectivity index (χ4n) is 8.45. The summed E-state index contributed by atoms with van der Waals surface area (Å²) in [6.07, 6.45) is 0. The molecule has 2 heterocycles. The summed E-state index contributed by atoms with van der Waals surface area (Å²) in [6, 6.07) is 68.0. The van der Waals surface area contributed by atoms with Crippen LogP contribution in [0.25, 0.3) is 66.1 Å². The molecule has 0 saturated carbocycles. The second-order valence-electron chi connectivity index (χ2n) is 14.0. The smallest absolute Gasteiger partial charge is 0.141 e. The molecule has 53 heavy (non-hydrogen) atoms. The Bertz CT molecular complexity index is 2720. The third-order valence-electron chi connectivity index (χ3n) is 10.9. The molecular weight excluding hydrogens is 645 g/mol. The number of hydrogen-bond donors (Lipinski definition) is 1. The first-order valence-corrected chi connectivity index (χ1v) is 18.2. The highest BCUT2D eigenvalue weighted by Crippen LogP contribution is 2.44. The lowest BCUT2D eigenvalue weighted by atomic mass is 9.76. The van der Waals surface area contributed by atoms with Gasteiger partial charge in [0.15, 0.2) is 0 Å². The van der Waals surface area contributed by atoms with Crippen molar-refractivity contribution in [1.29, 1.82) is 0 Å². The van der Waals surface area contributed by atoms with E-state index in [1.54, 1.807) is 0 Å². The molecule has 0 bridgehead atoms. The second kappa shape index (κ2) is 12.2. The lowest BCUT2D eigenvalue weighted by Gasteiger charge is -2.33. The van der Waals surface area contributed by atoms with Gasteiger partial charge in [0.1, 0.15) is 5.60 Å². The van der Waals surface area contributed by atoms with Gasteiger partial charge in [0, 0.05) is 38.5 Å². The maximum Gasteiger partial charge on any atom is 0.141 e. The van der Waals surface area contributed by atoms with Crippen LogP contribution in [-0.2, 0) is 5.60 Å². The van der Waals surface area contributed by atoms with E-state index >= 15 is 0 Å². The van der Waals surface area contributed by atoms with Gasteiger partial charge in [0.05, 0.1) is 22.1 Å². The first-order valence-electron chi connectivity index (χ1n) is 18.2. The number of para-hydroxylation sites is 4. The Morgan fingerprint density at radius 1 is 0.396 bits per heavy atom. The molecule has 3 nitrogen and oxygen atoms in total. The van der Waals surface area contributed by atoms with Crippen molar-refractivity contribution in [2.75, 3.05) is 0 Å². The van der Waals surface area contributed by atoms with Crippen molar-refractivity contribution in [3.05, 3.63) is 216 Å². The average Bonchev–Trinajstić information content (AvgIpc) is 3.74. The third kappa shape index (κ3) is 4.86. The molecular formula is C50H36N2O. The quantitative estimate of drug-likeness (QED) is 0.174. The van der Waals surface area contributed by atoms with Gasteiger partial charge in [-0.1, -0.05) is 151 Å². The van der Waals surface area contributed by atoms with Gasteiger partial charge in [0.25, 0.3) is 0 Å². The zero-order chi connectivity index (χ0) is 35.5. The number of fused-ring (bicyclic) bond motifs is 6. The summed E-state index contributed by atoms with van der Waals surface area (Å²) in [7, 11) is 0. The topological polar surface area (TPSA) is 30.1 Å². The molecule has 0 unspecified atom stereocenters. The number of aliphatic hydroxyl groups is 1. The van der Waals surface area contributed by atoms with Crippen LogP contribution in [0.2, 0.25) is 0 Å². The van der Waals surface area contributed by atoms with E-state index in [-0.39, 0.29) is 0 Å². The van der Waals surface area contributed by atoms with E-state index in [9.17, 15) is 5.11 Å². The van der Waals surface area contributed by atoms with Gasteiger partial charge in [-0.3, -0.25) is 0 Å². The average molecular weight is 681 g/mol. The fourth-order valence-corrected chi connectivity index (χ4v) is 8.45. The Morgan fingerprint density at radius 3 is 1.26 bits per heavy atom. The minimum Gasteiger partial charge on any atom is -0.376 e. The van der Waals surface area contributed by atoms with E-state index in [0.717, 1.165) is 66.8 Å². The first kappa shape index (κ1) is 31.1. The lowest BCUT2D eigenvalue weighted by molar-refractivity contribution is 0.126. The summed E-state index contributed by atoms with van der Waals surface area (Å²) >= 11 is 0. The highest BCUT2D eigenvalue weighted by molar-refractivity contribution is 6.10. The number of nitrogens with zero attached hydrogens (tertiary/aromatic N) is 2. The molecule has 0 aliphatic heterocycles. The molecule has 0 saturated heterocycles. The number of benzene rings is 8. The lowest BCUT2D eigenvalue weighted by Crippen LogP contribution is -2.30. The highest BCUT2D eigenvalue weighted by Gasteiger charge is 2.37. The van der Waals surface area contributed by atoms with E-state index in [0.29, 0.717) is 0 Å². The van der Waals surface area contributed by atoms with Crippen LogP contribution in [0.4, 0.5) is 0 Å². The SMILES string of the molecule is Cc1ccc(-c2ccccc2)c(C(O)(c2cccc(-n3c4ccccc4c4ccccc43)c2)c2cccc(-n3c4ccccc4c4ccccc43)c2)c1. The molecule has 252 valence electrons. The Morgan fingerprint density at radius 2 is 0.811 bits per heavy atom. The number of rotatable bonds is 6. The van der Waals surface area contributed by atoms with Crippen LogP contribution in [0, 0.1) is 6.92 Å². The van der Waals surface area contributed by atoms with Crippen molar-refractivity contribution in [3.8, 4) is 22.5 Å². The molecule has 10 aromatic rings. The predicted molar refractivity (Wildman–Crippen MR) is 220 cm³/mol. The van der Waals surface area contributed by atoms with Crippen LogP contribution in [-0.4, -0.2) is 14.2 Å². The maximum absolute atomic E-state index is 13.9. The third-order valence-corrected chi connectivity index (χ3v) is 10.9. The molecule has 0 fully saturated rings. The van der Waals surface area contributed by atoms with Crippen molar-refractivity contribution in [1.82, 2.24) is 9.13 Å². The van der Waals surface area contributed by atoms with Crippen molar-refractivity contribution >= 4 is 43.6 Å². The Balaban J connectivity index is 1.26. The highest BCUT2D eigenvalue weighted by atomic mass is 16.3. The molecule has 2 aromatic heterocycles. The molecule has 3 heteroatoms. The number of aryl methyl sites for hydroxylation is 1. The Kier molecular flexibility index (Phi) is 7.17. The molecule has 0 atom stereocenters. The van der Waals surface area contributed by atoms with Crippen molar-refractivity contribution < 1.29 is 5.11 Å². The van der Waals surface area contributed by atoms with Crippen LogP contribution in [0.5, 0.6) is 0 Å². The molecule has 0 amide bonds. The van der Waals surface area contributed by atoms with E-state index in [1.165, 1.54) is 21.5 Å². The summed E-state index contributed by atoms with van der Waals surface area (Å²) in [5, 5.41) is 18.7. The number of aromatic nitrogens is 2. The van der Waals surface area contributed by atoms with Gasteiger partial charge in [0.2, 0.25) is 0 Å². The minimum absolute atomic E-state index is 0.791. The van der Waals surface area contributed by atoms with Gasteiger partial charge >= 0.3 is 0 Å². The normalized spacial score (nSPS) is 12.0. The zero-order valence-corrected chi connectivity index (χ0v) is 29.3. The molecule has 0 aliphatic carbocycles. The molecule has 0 aliphatic rings. The van der Waals surface area contributed by atoms with E-state index in [1.807, 2.05) is 6.07 Å². The molecule has 1 N–H and O–H groups in total. The second-order valence-corrected chi connectivity index (χ2v) is 14.0. The van der Waals surface area contributed by atoms with Crippen molar-refractivity contribution in [3.63, 3.8) is 0 Å². The van der Waals surface area contributed by atoms with Crippen LogP contribution in [0.1, 0.15) is 22.3 Å².